The first-order valence-electron chi connectivity index (χ1n) is 3.82. The second-order valence-electron chi connectivity index (χ2n) is 2.89. The van der Waals surface area contributed by atoms with Crippen LogP contribution >= 0.6 is 0 Å². The van der Waals surface area contributed by atoms with Gasteiger partial charge in [0.2, 0.25) is 0 Å². The molecule has 0 fully saturated rings. The Kier molecular flexibility index (Phi) is 2.83. The van der Waals surface area contributed by atoms with Crippen molar-refractivity contribution in [2.45, 2.75) is 19.5 Å². The number of halogens is 5. The standard InChI is InChI=1S/C8H6F5NO/c1-3-4(6(9)10)2-5(7(15)14-3)8(11,12)13/h2,6H,1H3,(H,14,15). The van der Waals surface area contributed by atoms with E-state index in [0.29, 0.717) is 0 Å². The van der Waals surface area contributed by atoms with E-state index < -0.39 is 29.3 Å². The zero-order valence-electron chi connectivity index (χ0n) is 7.45. The first-order valence-corrected chi connectivity index (χ1v) is 3.82. The van der Waals surface area contributed by atoms with Crippen LogP contribution in [0.2, 0.25) is 0 Å². The highest BCUT2D eigenvalue weighted by atomic mass is 19.4. The van der Waals surface area contributed by atoms with Gasteiger partial charge in [-0.25, -0.2) is 8.78 Å². The lowest BCUT2D eigenvalue weighted by Crippen LogP contribution is -2.23. The number of H-pyrrole nitrogens is 1. The summed E-state index contributed by atoms with van der Waals surface area (Å²) in [4.78, 5) is 12.6. The number of hydrogen-bond donors (Lipinski definition) is 1. The first-order chi connectivity index (χ1) is 6.73. The number of aromatic nitrogens is 1. The van der Waals surface area contributed by atoms with Crippen molar-refractivity contribution in [2.24, 2.45) is 0 Å². The van der Waals surface area contributed by atoms with Gasteiger partial charge in [-0.1, -0.05) is 0 Å². The molecule has 0 aliphatic heterocycles. The largest absolute Gasteiger partial charge is 0.421 e. The van der Waals surface area contributed by atoms with E-state index >= 15 is 0 Å². The number of aromatic amines is 1. The molecule has 0 atom stereocenters. The average molecular weight is 227 g/mol. The molecular formula is C8H6F5NO. The molecule has 0 aromatic carbocycles. The molecule has 0 saturated carbocycles. The van der Waals surface area contributed by atoms with Gasteiger partial charge in [-0.15, -0.1) is 0 Å². The summed E-state index contributed by atoms with van der Waals surface area (Å²) >= 11 is 0. The van der Waals surface area contributed by atoms with Crippen LogP contribution in [0.3, 0.4) is 0 Å². The molecule has 0 aliphatic carbocycles. The predicted molar refractivity (Wildman–Crippen MR) is 41.8 cm³/mol. The van der Waals surface area contributed by atoms with E-state index in [0.717, 1.165) is 6.92 Å². The Hall–Kier alpha value is -1.40. The third kappa shape index (κ3) is 2.34. The van der Waals surface area contributed by atoms with Gasteiger partial charge in [0.05, 0.1) is 0 Å². The number of rotatable bonds is 1. The SMILES string of the molecule is Cc1[nH]c(=O)c(C(F)(F)F)cc1C(F)F. The minimum Gasteiger partial charge on any atom is -0.326 e. The van der Waals surface area contributed by atoms with Crippen molar-refractivity contribution in [1.29, 1.82) is 0 Å². The maximum absolute atomic E-state index is 12.2. The summed E-state index contributed by atoms with van der Waals surface area (Å²) in [6, 6.07) is 0.179. The van der Waals surface area contributed by atoms with E-state index in [-0.39, 0.29) is 11.8 Å². The monoisotopic (exact) mass is 227 g/mol. The highest BCUT2D eigenvalue weighted by Gasteiger charge is 2.35. The van der Waals surface area contributed by atoms with Crippen LogP contribution < -0.4 is 5.56 Å². The van der Waals surface area contributed by atoms with Crippen molar-refractivity contribution in [3.63, 3.8) is 0 Å². The number of alkyl halides is 5. The van der Waals surface area contributed by atoms with E-state index in [1.165, 1.54) is 0 Å². The molecular weight excluding hydrogens is 221 g/mol. The zero-order chi connectivity index (χ0) is 11.8. The summed E-state index contributed by atoms with van der Waals surface area (Å²) in [7, 11) is 0. The molecule has 0 saturated heterocycles. The molecule has 7 heteroatoms. The van der Waals surface area contributed by atoms with Crippen LogP contribution in [0.25, 0.3) is 0 Å². The minimum atomic E-state index is -4.93. The third-order valence-corrected chi connectivity index (χ3v) is 1.82. The molecule has 1 N–H and O–H groups in total. The van der Waals surface area contributed by atoms with E-state index in [4.69, 9.17) is 0 Å². The summed E-state index contributed by atoms with van der Waals surface area (Å²) in [5.74, 6) is 0. The van der Waals surface area contributed by atoms with E-state index in [1.807, 2.05) is 0 Å². The smallest absolute Gasteiger partial charge is 0.326 e. The van der Waals surface area contributed by atoms with Crippen molar-refractivity contribution in [3.8, 4) is 0 Å². The molecule has 0 unspecified atom stereocenters. The highest BCUT2D eigenvalue weighted by molar-refractivity contribution is 5.27. The summed E-state index contributed by atoms with van der Waals surface area (Å²) in [5.41, 5.74) is -4.10. The van der Waals surface area contributed by atoms with Crippen molar-refractivity contribution >= 4 is 0 Å². The Morgan fingerprint density at radius 1 is 1.33 bits per heavy atom. The van der Waals surface area contributed by atoms with Gasteiger partial charge in [-0.05, 0) is 13.0 Å². The predicted octanol–water partition coefficient (Wildman–Crippen LogP) is 2.64. The molecule has 2 nitrogen and oxygen atoms in total. The van der Waals surface area contributed by atoms with Crippen LogP contribution in [0.4, 0.5) is 22.0 Å². The summed E-state index contributed by atoms with van der Waals surface area (Å²) in [5, 5.41) is 0. The first kappa shape index (κ1) is 11.7. The Bertz CT molecular complexity index is 420. The Morgan fingerprint density at radius 2 is 1.87 bits per heavy atom. The summed E-state index contributed by atoms with van der Waals surface area (Å²) in [6.45, 7) is 1.11. The van der Waals surface area contributed by atoms with Crippen molar-refractivity contribution in [1.82, 2.24) is 4.98 Å². The van der Waals surface area contributed by atoms with Crippen molar-refractivity contribution in [2.75, 3.05) is 0 Å². The molecule has 1 rings (SSSR count). The van der Waals surface area contributed by atoms with E-state index in [1.54, 1.807) is 4.98 Å². The molecule has 84 valence electrons. The molecule has 1 heterocycles. The van der Waals surface area contributed by atoms with Crippen LogP contribution in [-0.4, -0.2) is 4.98 Å². The lowest BCUT2D eigenvalue weighted by atomic mass is 10.1. The summed E-state index contributed by atoms with van der Waals surface area (Å²) < 4.78 is 61.0. The molecule has 1 aromatic rings. The van der Waals surface area contributed by atoms with Crippen molar-refractivity contribution in [3.05, 3.63) is 33.2 Å². The molecule has 0 spiro atoms. The van der Waals surface area contributed by atoms with Gasteiger partial charge in [0, 0.05) is 11.3 Å². The van der Waals surface area contributed by atoms with E-state index in [9.17, 15) is 26.7 Å². The lowest BCUT2D eigenvalue weighted by molar-refractivity contribution is -0.138. The quantitative estimate of drug-likeness (QED) is 0.735. The molecule has 15 heavy (non-hydrogen) atoms. The van der Waals surface area contributed by atoms with Crippen LogP contribution in [0.15, 0.2) is 10.9 Å². The number of pyridine rings is 1. The van der Waals surface area contributed by atoms with Gasteiger partial charge in [-0.2, -0.15) is 13.2 Å². The number of hydrogen-bond acceptors (Lipinski definition) is 1. The van der Waals surface area contributed by atoms with Gasteiger partial charge < -0.3 is 4.98 Å². The summed E-state index contributed by atoms with van der Waals surface area (Å²) in [6.07, 6.45) is -7.98. The Morgan fingerprint density at radius 3 is 2.27 bits per heavy atom. The maximum atomic E-state index is 12.2. The Balaban J connectivity index is 3.44. The molecule has 0 amide bonds. The zero-order valence-corrected chi connectivity index (χ0v) is 7.45. The topological polar surface area (TPSA) is 32.9 Å². The second kappa shape index (κ2) is 3.63. The average Bonchev–Trinajstić information content (AvgIpc) is 2.00. The molecule has 0 bridgehead atoms. The van der Waals surface area contributed by atoms with Gasteiger partial charge in [0.25, 0.3) is 12.0 Å². The van der Waals surface area contributed by atoms with Gasteiger partial charge >= 0.3 is 6.18 Å². The normalized spacial score (nSPS) is 12.2. The molecule has 1 aromatic heterocycles. The molecule has 0 radical (unpaired) electrons. The van der Waals surface area contributed by atoms with Crippen LogP contribution in [-0.2, 0) is 6.18 Å². The fourth-order valence-electron chi connectivity index (χ4n) is 1.08. The third-order valence-electron chi connectivity index (χ3n) is 1.82. The van der Waals surface area contributed by atoms with Gasteiger partial charge in [0.15, 0.2) is 0 Å². The van der Waals surface area contributed by atoms with E-state index in [2.05, 4.69) is 0 Å². The maximum Gasteiger partial charge on any atom is 0.421 e. The van der Waals surface area contributed by atoms with Crippen molar-refractivity contribution < 1.29 is 22.0 Å². The Labute approximate surface area is 80.7 Å². The molecule has 0 aliphatic rings. The van der Waals surface area contributed by atoms with Crippen LogP contribution in [0.1, 0.15) is 23.2 Å². The van der Waals surface area contributed by atoms with Crippen LogP contribution in [0, 0.1) is 6.92 Å². The fraction of sp³-hybridized carbons (Fsp3) is 0.375. The minimum absolute atomic E-state index is 0.179. The van der Waals surface area contributed by atoms with Gasteiger partial charge in [0.1, 0.15) is 5.56 Å². The highest BCUT2D eigenvalue weighted by Crippen LogP contribution is 2.29. The van der Waals surface area contributed by atoms with Crippen LogP contribution in [0.5, 0.6) is 0 Å². The number of nitrogens with one attached hydrogen (secondary N) is 1. The fourth-order valence-corrected chi connectivity index (χ4v) is 1.08. The van der Waals surface area contributed by atoms with Gasteiger partial charge in [-0.3, -0.25) is 4.79 Å². The lowest BCUT2D eigenvalue weighted by Gasteiger charge is -2.09. The second-order valence-corrected chi connectivity index (χ2v) is 2.89. The number of aryl methyl sites for hydroxylation is 1.